The van der Waals surface area contributed by atoms with E-state index >= 15 is 0 Å². The van der Waals surface area contributed by atoms with Crippen LogP contribution in [0.5, 0.6) is 0 Å². The average Bonchev–Trinajstić information content (AvgIpc) is 2.99. The predicted octanol–water partition coefficient (Wildman–Crippen LogP) is 3.67. The van der Waals surface area contributed by atoms with Gasteiger partial charge in [-0.3, -0.25) is 4.79 Å². The van der Waals surface area contributed by atoms with Gasteiger partial charge in [-0.25, -0.2) is 4.79 Å². The number of rotatable bonds is 5. The first kappa shape index (κ1) is 15.3. The molecule has 110 valence electrons. The smallest absolute Gasteiger partial charge is 0.348 e. The molecule has 0 aliphatic carbocycles. The number of esters is 1. The fourth-order valence-corrected chi connectivity index (χ4v) is 2.51. The van der Waals surface area contributed by atoms with Crippen LogP contribution in [-0.4, -0.2) is 18.5 Å². The number of carbonyl (C=O) groups is 2. The summed E-state index contributed by atoms with van der Waals surface area (Å²) < 4.78 is 4.98. The summed E-state index contributed by atoms with van der Waals surface area (Å²) in [5, 5.41) is 4.57. The van der Waals surface area contributed by atoms with Gasteiger partial charge in [0.1, 0.15) is 4.88 Å². The van der Waals surface area contributed by atoms with E-state index in [9.17, 15) is 9.59 Å². The van der Waals surface area contributed by atoms with Crippen LogP contribution in [0, 0.1) is 0 Å². The van der Waals surface area contributed by atoms with Gasteiger partial charge in [-0.05, 0) is 29.0 Å². The number of hydrogen-bond donors (Lipinski definition) is 1. The first-order valence-electron chi connectivity index (χ1n) is 6.67. The molecule has 5 heteroatoms. The highest BCUT2D eigenvalue weighted by Gasteiger charge is 2.13. The first-order chi connectivity index (χ1) is 10.1. The van der Waals surface area contributed by atoms with Crippen LogP contribution in [0.25, 0.3) is 0 Å². The fourth-order valence-electron chi connectivity index (χ4n) is 1.90. The number of ether oxygens (including phenoxy) is 1. The van der Waals surface area contributed by atoms with Crippen molar-refractivity contribution in [1.82, 2.24) is 0 Å². The highest BCUT2D eigenvalue weighted by Crippen LogP contribution is 2.23. The number of hydrogen-bond acceptors (Lipinski definition) is 4. The van der Waals surface area contributed by atoms with Crippen LogP contribution in [0.3, 0.4) is 0 Å². The summed E-state index contributed by atoms with van der Waals surface area (Å²) in [5.74, 6) is -0.513. The van der Waals surface area contributed by atoms with Gasteiger partial charge in [-0.1, -0.05) is 38.1 Å². The number of carbonyl (C=O) groups excluding carboxylic acids is 2. The van der Waals surface area contributed by atoms with Crippen molar-refractivity contribution in [3.8, 4) is 0 Å². The van der Waals surface area contributed by atoms with Gasteiger partial charge in [0.05, 0.1) is 0 Å². The molecule has 4 nitrogen and oxygen atoms in total. The maximum absolute atomic E-state index is 11.9. The third-order valence-electron chi connectivity index (χ3n) is 2.91. The van der Waals surface area contributed by atoms with E-state index in [0.29, 0.717) is 10.8 Å². The molecule has 0 bridgehead atoms. The summed E-state index contributed by atoms with van der Waals surface area (Å²) in [6.45, 7) is 3.83. The maximum Gasteiger partial charge on any atom is 0.348 e. The molecule has 1 heterocycles. The molecule has 21 heavy (non-hydrogen) atoms. The van der Waals surface area contributed by atoms with Gasteiger partial charge in [-0.2, -0.15) is 0 Å². The summed E-state index contributed by atoms with van der Waals surface area (Å²) in [4.78, 5) is 24.0. The van der Waals surface area contributed by atoms with Crippen molar-refractivity contribution in [2.75, 3.05) is 11.9 Å². The maximum atomic E-state index is 11.9. The molecule has 1 aromatic carbocycles. The van der Waals surface area contributed by atoms with E-state index in [1.165, 1.54) is 11.3 Å². The van der Waals surface area contributed by atoms with E-state index in [0.717, 1.165) is 11.3 Å². The van der Waals surface area contributed by atoms with Crippen LogP contribution in [0.2, 0.25) is 0 Å². The SMILES string of the molecule is CC(C)c1ccccc1NC(=O)COC(=O)c1cccs1. The summed E-state index contributed by atoms with van der Waals surface area (Å²) >= 11 is 1.29. The Labute approximate surface area is 127 Å². The Morgan fingerprint density at radius 3 is 2.62 bits per heavy atom. The molecule has 0 fully saturated rings. The molecule has 0 aliphatic heterocycles. The molecule has 0 spiro atoms. The van der Waals surface area contributed by atoms with Crippen molar-refractivity contribution in [3.63, 3.8) is 0 Å². The molecule has 1 amide bonds. The number of anilines is 1. The van der Waals surface area contributed by atoms with Crippen molar-refractivity contribution in [2.24, 2.45) is 0 Å². The molecule has 0 saturated heterocycles. The molecule has 2 aromatic rings. The number of thiophene rings is 1. The monoisotopic (exact) mass is 303 g/mol. The van der Waals surface area contributed by atoms with Crippen LogP contribution in [-0.2, 0) is 9.53 Å². The number of amides is 1. The highest BCUT2D eigenvalue weighted by molar-refractivity contribution is 7.11. The fraction of sp³-hybridized carbons (Fsp3) is 0.250. The highest BCUT2D eigenvalue weighted by atomic mass is 32.1. The quantitative estimate of drug-likeness (QED) is 0.857. The van der Waals surface area contributed by atoms with E-state index in [4.69, 9.17) is 4.74 Å². The number of para-hydroxylation sites is 1. The van der Waals surface area contributed by atoms with Crippen LogP contribution >= 0.6 is 11.3 Å². The van der Waals surface area contributed by atoms with Gasteiger partial charge >= 0.3 is 5.97 Å². The first-order valence-corrected chi connectivity index (χ1v) is 7.55. The van der Waals surface area contributed by atoms with Crippen molar-refractivity contribution in [2.45, 2.75) is 19.8 Å². The van der Waals surface area contributed by atoms with E-state index < -0.39 is 5.97 Å². The van der Waals surface area contributed by atoms with Gasteiger partial charge < -0.3 is 10.1 Å². The molecular weight excluding hydrogens is 286 g/mol. The second-order valence-corrected chi connectivity index (χ2v) is 5.79. The van der Waals surface area contributed by atoms with Crippen LogP contribution < -0.4 is 5.32 Å². The normalized spacial score (nSPS) is 10.4. The lowest BCUT2D eigenvalue weighted by atomic mass is 10.0. The zero-order valence-electron chi connectivity index (χ0n) is 12.0. The number of benzene rings is 1. The van der Waals surface area contributed by atoms with Crippen LogP contribution in [0.4, 0.5) is 5.69 Å². The molecule has 0 unspecified atom stereocenters. The van der Waals surface area contributed by atoms with Crippen LogP contribution in [0.1, 0.15) is 35.0 Å². The van der Waals surface area contributed by atoms with Crippen LogP contribution in [0.15, 0.2) is 41.8 Å². The second kappa shape index (κ2) is 7.04. The summed E-state index contributed by atoms with van der Waals surface area (Å²) in [6, 6.07) is 11.0. The molecule has 0 radical (unpaired) electrons. The molecule has 1 aromatic heterocycles. The topological polar surface area (TPSA) is 55.4 Å². The Balaban J connectivity index is 1.92. The van der Waals surface area contributed by atoms with Gasteiger partial charge in [0.15, 0.2) is 6.61 Å². The Morgan fingerprint density at radius 1 is 1.19 bits per heavy atom. The number of nitrogens with one attached hydrogen (secondary N) is 1. The minimum atomic E-state index is -0.475. The van der Waals surface area contributed by atoms with E-state index in [-0.39, 0.29) is 12.5 Å². The van der Waals surface area contributed by atoms with Crippen molar-refractivity contribution in [1.29, 1.82) is 0 Å². The van der Waals surface area contributed by atoms with Gasteiger partial charge in [0, 0.05) is 5.69 Å². The Bertz CT molecular complexity index is 620. The standard InChI is InChI=1S/C16H17NO3S/c1-11(2)12-6-3-4-7-13(12)17-15(18)10-20-16(19)14-8-5-9-21-14/h3-9,11H,10H2,1-2H3,(H,17,18). The van der Waals surface area contributed by atoms with Crippen molar-refractivity contribution >= 4 is 28.9 Å². The third kappa shape index (κ3) is 4.16. The van der Waals surface area contributed by atoms with Crippen molar-refractivity contribution < 1.29 is 14.3 Å². The summed E-state index contributed by atoms with van der Waals surface area (Å²) in [5.41, 5.74) is 1.81. The van der Waals surface area contributed by atoms with Crippen molar-refractivity contribution in [3.05, 3.63) is 52.2 Å². The Hall–Kier alpha value is -2.14. The Kier molecular flexibility index (Phi) is 5.11. The zero-order chi connectivity index (χ0) is 15.2. The minimum Gasteiger partial charge on any atom is -0.451 e. The molecule has 2 rings (SSSR count). The van der Waals surface area contributed by atoms with E-state index in [1.807, 2.05) is 24.3 Å². The largest absolute Gasteiger partial charge is 0.451 e. The Morgan fingerprint density at radius 2 is 1.95 bits per heavy atom. The minimum absolute atomic E-state index is 0.289. The summed E-state index contributed by atoms with van der Waals surface area (Å²) in [6.07, 6.45) is 0. The third-order valence-corrected chi connectivity index (χ3v) is 3.76. The molecule has 0 aliphatic rings. The molecular formula is C16H17NO3S. The molecule has 0 saturated carbocycles. The van der Waals surface area contributed by atoms with E-state index in [2.05, 4.69) is 19.2 Å². The lowest BCUT2D eigenvalue weighted by molar-refractivity contribution is -0.119. The zero-order valence-corrected chi connectivity index (χ0v) is 12.8. The molecule has 1 N–H and O–H groups in total. The summed E-state index contributed by atoms with van der Waals surface area (Å²) in [7, 11) is 0. The lowest BCUT2D eigenvalue weighted by Gasteiger charge is -2.13. The average molecular weight is 303 g/mol. The second-order valence-electron chi connectivity index (χ2n) is 4.84. The van der Waals surface area contributed by atoms with E-state index in [1.54, 1.807) is 17.5 Å². The lowest BCUT2D eigenvalue weighted by Crippen LogP contribution is -2.21. The predicted molar refractivity (Wildman–Crippen MR) is 83.8 cm³/mol. The van der Waals surface area contributed by atoms with Gasteiger partial charge in [-0.15, -0.1) is 11.3 Å². The van der Waals surface area contributed by atoms with Gasteiger partial charge in [0.25, 0.3) is 5.91 Å². The van der Waals surface area contributed by atoms with Gasteiger partial charge in [0.2, 0.25) is 0 Å². The molecule has 0 atom stereocenters.